The van der Waals surface area contributed by atoms with E-state index in [0.29, 0.717) is 5.56 Å². The Morgan fingerprint density at radius 2 is 2.00 bits per heavy atom. The van der Waals surface area contributed by atoms with E-state index in [2.05, 4.69) is 26.1 Å². The SMILES string of the molecule is O=C(c1cccc(Br)c1)n1nccn1. The highest BCUT2D eigenvalue weighted by atomic mass is 79.9. The van der Waals surface area contributed by atoms with E-state index in [-0.39, 0.29) is 5.91 Å². The molecule has 0 aliphatic rings. The van der Waals surface area contributed by atoms with Gasteiger partial charge < -0.3 is 0 Å². The van der Waals surface area contributed by atoms with Crippen molar-refractivity contribution in [3.8, 4) is 0 Å². The van der Waals surface area contributed by atoms with Crippen molar-refractivity contribution < 1.29 is 4.79 Å². The Morgan fingerprint density at radius 1 is 1.29 bits per heavy atom. The van der Waals surface area contributed by atoms with Gasteiger partial charge >= 0.3 is 0 Å². The molecule has 0 saturated heterocycles. The summed E-state index contributed by atoms with van der Waals surface area (Å²) >= 11 is 3.29. The molecule has 4 nitrogen and oxygen atoms in total. The highest BCUT2D eigenvalue weighted by molar-refractivity contribution is 9.10. The third kappa shape index (κ3) is 1.72. The highest BCUT2D eigenvalue weighted by Gasteiger charge is 2.08. The maximum Gasteiger partial charge on any atom is 0.295 e. The molecule has 0 unspecified atom stereocenters. The Morgan fingerprint density at radius 3 is 2.64 bits per heavy atom. The largest absolute Gasteiger partial charge is 0.295 e. The van der Waals surface area contributed by atoms with Crippen LogP contribution in [-0.2, 0) is 0 Å². The van der Waals surface area contributed by atoms with Crippen LogP contribution in [0.25, 0.3) is 0 Å². The van der Waals surface area contributed by atoms with Crippen LogP contribution in [0.4, 0.5) is 0 Å². The van der Waals surface area contributed by atoms with Crippen molar-refractivity contribution in [1.29, 1.82) is 0 Å². The molecule has 0 aliphatic carbocycles. The fourth-order valence-electron chi connectivity index (χ4n) is 1.06. The predicted molar refractivity (Wildman–Crippen MR) is 53.9 cm³/mol. The summed E-state index contributed by atoms with van der Waals surface area (Å²) in [5.41, 5.74) is 0.551. The van der Waals surface area contributed by atoms with Crippen LogP contribution in [-0.4, -0.2) is 20.9 Å². The Bertz CT molecular complexity index is 453. The minimum atomic E-state index is -0.240. The summed E-state index contributed by atoms with van der Waals surface area (Å²) in [5, 5.41) is 7.53. The van der Waals surface area contributed by atoms with Gasteiger partial charge in [0, 0.05) is 10.0 Å². The Kier molecular flexibility index (Phi) is 2.41. The molecule has 0 radical (unpaired) electrons. The first-order valence-corrected chi connectivity index (χ1v) is 4.73. The molecule has 0 N–H and O–H groups in total. The molecule has 5 heteroatoms. The van der Waals surface area contributed by atoms with Crippen LogP contribution in [0.5, 0.6) is 0 Å². The van der Waals surface area contributed by atoms with Gasteiger partial charge in [-0.3, -0.25) is 4.79 Å². The fraction of sp³-hybridized carbons (Fsp3) is 0. The van der Waals surface area contributed by atoms with Gasteiger partial charge in [0.05, 0.1) is 12.4 Å². The average Bonchev–Trinajstić information content (AvgIpc) is 2.69. The number of hydrogen-bond acceptors (Lipinski definition) is 3. The summed E-state index contributed by atoms with van der Waals surface area (Å²) < 4.78 is 0.857. The first kappa shape index (κ1) is 9.08. The number of carbonyl (C=O) groups excluding carboxylic acids is 1. The zero-order chi connectivity index (χ0) is 9.97. The molecular formula is C9H6BrN3O. The second kappa shape index (κ2) is 3.71. The van der Waals surface area contributed by atoms with Crippen molar-refractivity contribution in [1.82, 2.24) is 15.0 Å². The number of aromatic nitrogens is 3. The molecule has 0 atom stereocenters. The first-order valence-electron chi connectivity index (χ1n) is 3.94. The average molecular weight is 252 g/mol. The van der Waals surface area contributed by atoms with Gasteiger partial charge in [0.1, 0.15) is 0 Å². The molecule has 0 saturated carbocycles. The fourth-order valence-corrected chi connectivity index (χ4v) is 1.46. The van der Waals surface area contributed by atoms with Crippen molar-refractivity contribution in [2.24, 2.45) is 0 Å². The molecule has 0 fully saturated rings. The summed E-state index contributed by atoms with van der Waals surface area (Å²) in [5.74, 6) is -0.240. The molecule has 2 aromatic rings. The van der Waals surface area contributed by atoms with Gasteiger partial charge in [-0.05, 0) is 18.2 Å². The minimum absolute atomic E-state index is 0.240. The number of rotatable bonds is 1. The molecule has 2 rings (SSSR count). The van der Waals surface area contributed by atoms with Crippen molar-refractivity contribution >= 4 is 21.8 Å². The number of carbonyl (C=O) groups is 1. The van der Waals surface area contributed by atoms with E-state index < -0.39 is 0 Å². The van der Waals surface area contributed by atoms with Crippen LogP contribution >= 0.6 is 15.9 Å². The van der Waals surface area contributed by atoms with Crippen LogP contribution in [0.15, 0.2) is 41.1 Å². The lowest BCUT2D eigenvalue weighted by Crippen LogP contribution is -2.14. The molecule has 0 spiro atoms. The lowest BCUT2D eigenvalue weighted by Gasteiger charge is -1.98. The molecule has 0 aliphatic heterocycles. The molecule has 1 heterocycles. The number of hydrogen-bond donors (Lipinski definition) is 0. The van der Waals surface area contributed by atoms with Crippen LogP contribution < -0.4 is 0 Å². The monoisotopic (exact) mass is 251 g/mol. The summed E-state index contributed by atoms with van der Waals surface area (Å²) in [7, 11) is 0. The van der Waals surface area contributed by atoms with Gasteiger partial charge in [-0.15, -0.1) is 4.80 Å². The lowest BCUT2D eigenvalue weighted by atomic mass is 10.2. The molecule has 1 aromatic heterocycles. The molecule has 0 amide bonds. The van der Waals surface area contributed by atoms with E-state index in [1.807, 2.05) is 6.07 Å². The number of benzene rings is 1. The Labute approximate surface area is 88.7 Å². The molecular weight excluding hydrogens is 246 g/mol. The first-order chi connectivity index (χ1) is 6.77. The second-order valence-electron chi connectivity index (χ2n) is 2.63. The van der Waals surface area contributed by atoms with Gasteiger partial charge in [-0.1, -0.05) is 22.0 Å². The third-order valence-electron chi connectivity index (χ3n) is 1.67. The van der Waals surface area contributed by atoms with Crippen molar-refractivity contribution in [3.63, 3.8) is 0 Å². The molecule has 14 heavy (non-hydrogen) atoms. The topological polar surface area (TPSA) is 47.8 Å². The van der Waals surface area contributed by atoms with Gasteiger partial charge in [0.2, 0.25) is 0 Å². The maximum absolute atomic E-state index is 11.7. The second-order valence-corrected chi connectivity index (χ2v) is 3.55. The molecule has 1 aromatic carbocycles. The third-order valence-corrected chi connectivity index (χ3v) is 2.17. The Hall–Kier alpha value is -1.49. The van der Waals surface area contributed by atoms with E-state index in [9.17, 15) is 4.79 Å². The smallest absolute Gasteiger partial charge is 0.265 e. The minimum Gasteiger partial charge on any atom is -0.265 e. The highest BCUT2D eigenvalue weighted by Crippen LogP contribution is 2.11. The van der Waals surface area contributed by atoms with Crippen molar-refractivity contribution in [2.75, 3.05) is 0 Å². The molecule has 70 valence electrons. The van der Waals surface area contributed by atoms with Crippen molar-refractivity contribution in [3.05, 3.63) is 46.7 Å². The standard InChI is InChI=1S/C9H6BrN3O/c10-8-3-1-2-7(6-8)9(14)13-11-4-5-12-13/h1-6H. The summed E-state index contributed by atoms with van der Waals surface area (Å²) in [6.45, 7) is 0. The zero-order valence-electron chi connectivity index (χ0n) is 7.09. The lowest BCUT2D eigenvalue weighted by molar-refractivity contribution is 0.0927. The predicted octanol–water partition coefficient (Wildman–Crippen LogP) is 1.73. The van der Waals surface area contributed by atoms with E-state index in [4.69, 9.17) is 0 Å². The van der Waals surface area contributed by atoms with E-state index in [1.54, 1.807) is 18.2 Å². The van der Waals surface area contributed by atoms with Gasteiger partial charge in [-0.2, -0.15) is 10.2 Å². The Balaban J connectivity index is 2.37. The summed E-state index contributed by atoms with van der Waals surface area (Å²) in [4.78, 5) is 12.7. The van der Waals surface area contributed by atoms with Gasteiger partial charge in [0.15, 0.2) is 0 Å². The zero-order valence-corrected chi connectivity index (χ0v) is 8.68. The van der Waals surface area contributed by atoms with E-state index in [0.717, 1.165) is 9.27 Å². The van der Waals surface area contributed by atoms with Crippen LogP contribution in [0.3, 0.4) is 0 Å². The van der Waals surface area contributed by atoms with Gasteiger partial charge in [-0.25, -0.2) is 0 Å². The van der Waals surface area contributed by atoms with Crippen LogP contribution in [0, 0.1) is 0 Å². The van der Waals surface area contributed by atoms with Crippen LogP contribution in [0.2, 0.25) is 0 Å². The van der Waals surface area contributed by atoms with E-state index >= 15 is 0 Å². The number of nitrogens with zero attached hydrogens (tertiary/aromatic N) is 3. The van der Waals surface area contributed by atoms with Crippen molar-refractivity contribution in [2.45, 2.75) is 0 Å². The maximum atomic E-state index is 11.7. The summed E-state index contributed by atoms with van der Waals surface area (Å²) in [6.07, 6.45) is 2.94. The summed E-state index contributed by atoms with van der Waals surface area (Å²) in [6, 6.07) is 7.09. The molecule has 0 bridgehead atoms. The normalized spacial score (nSPS) is 10.1. The van der Waals surface area contributed by atoms with Gasteiger partial charge in [0.25, 0.3) is 5.91 Å². The quantitative estimate of drug-likeness (QED) is 0.776. The van der Waals surface area contributed by atoms with E-state index in [1.165, 1.54) is 12.4 Å². The van der Waals surface area contributed by atoms with Crippen LogP contribution in [0.1, 0.15) is 10.4 Å². The number of halogens is 1.